The maximum absolute atomic E-state index is 11.9. The molecule has 2 N–H and O–H groups in total. The summed E-state index contributed by atoms with van der Waals surface area (Å²) in [6, 6.07) is 0. The van der Waals surface area contributed by atoms with Gasteiger partial charge in [-0.1, -0.05) is 13.8 Å². The first-order valence-corrected chi connectivity index (χ1v) is 9.88. The zero-order valence-electron chi connectivity index (χ0n) is 15.3. The van der Waals surface area contributed by atoms with Gasteiger partial charge in [0.2, 0.25) is 0 Å². The Morgan fingerprint density at radius 1 is 1.17 bits per heavy atom. The summed E-state index contributed by atoms with van der Waals surface area (Å²) in [6.07, 6.45) is 8.10. The highest BCUT2D eigenvalue weighted by molar-refractivity contribution is 5.91. The molecular formula is C21H32O3. The Morgan fingerprint density at radius 3 is 2.62 bits per heavy atom. The Kier molecular flexibility index (Phi) is 3.78. The van der Waals surface area contributed by atoms with Gasteiger partial charge in [0, 0.05) is 6.42 Å². The van der Waals surface area contributed by atoms with Gasteiger partial charge in [0.25, 0.3) is 0 Å². The zero-order chi connectivity index (χ0) is 17.3. The molecule has 134 valence electrons. The van der Waals surface area contributed by atoms with E-state index >= 15 is 0 Å². The first kappa shape index (κ1) is 16.8. The van der Waals surface area contributed by atoms with E-state index in [-0.39, 0.29) is 22.7 Å². The third-order valence-corrected chi connectivity index (χ3v) is 8.63. The van der Waals surface area contributed by atoms with E-state index in [2.05, 4.69) is 13.8 Å². The van der Waals surface area contributed by atoms with Crippen molar-refractivity contribution in [3.05, 3.63) is 11.6 Å². The van der Waals surface area contributed by atoms with Crippen molar-refractivity contribution >= 4 is 5.78 Å². The van der Waals surface area contributed by atoms with Gasteiger partial charge in [-0.3, -0.25) is 4.79 Å². The molecule has 3 nitrogen and oxygen atoms in total. The number of aliphatic hydroxyl groups is 2. The van der Waals surface area contributed by atoms with Crippen LogP contribution >= 0.6 is 0 Å². The number of aliphatic hydroxyl groups excluding tert-OH is 2. The van der Waals surface area contributed by atoms with Gasteiger partial charge in [-0.15, -0.1) is 0 Å². The van der Waals surface area contributed by atoms with E-state index in [4.69, 9.17) is 0 Å². The van der Waals surface area contributed by atoms with Crippen molar-refractivity contribution in [1.82, 2.24) is 0 Å². The van der Waals surface area contributed by atoms with E-state index in [9.17, 15) is 15.0 Å². The Bertz CT molecular complexity index is 580. The standard InChI is InChI=1S/C21H32O3/c1-12(22)15-4-5-16-14-11-19(24)18-10-13(23)6-8-21(18,3)17(14)7-9-20(15,16)2/h10,12,14-17,19,22,24H,4-9,11H2,1-3H3/t12?,14-,15+,16-,17-,19-,20+,21+/m0/s1. The van der Waals surface area contributed by atoms with E-state index in [1.54, 1.807) is 6.08 Å². The molecule has 4 rings (SSSR count). The Morgan fingerprint density at radius 2 is 1.92 bits per heavy atom. The highest BCUT2D eigenvalue weighted by Gasteiger charge is 2.60. The summed E-state index contributed by atoms with van der Waals surface area (Å²) in [5.41, 5.74) is 1.24. The van der Waals surface area contributed by atoms with Crippen LogP contribution in [0.5, 0.6) is 0 Å². The van der Waals surface area contributed by atoms with Gasteiger partial charge >= 0.3 is 0 Å². The van der Waals surface area contributed by atoms with Gasteiger partial charge in [0.15, 0.2) is 5.78 Å². The number of rotatable bonds is 1. The first-order valence-electron chi connectivity index (χ1n) is 9.88. The van der Waals surface area contributed by atoms with Gasteiger partial charge in [-0.25, -0.2) is 0 Å². The molecule has 0 bridgehead atoms. The third kappa shape index (κ3) is 2.13. The van der Waals surface area contributed by atoms with E-state index in [1.807, 2.05) is 6.92 Å². The summed E-state index contributed by atoms with van der Waals surface area (Å²) in [7, 11) is 0. The van der Waals surface area contributed by atoms with E-state index in [0.717, 1.165) is 24.8 Å². The highest BCUT2D eigenvalue weighted by atomic mass is 16.3. The lowest BCUT2D eigenvalue weighted by molar-refractivity contribution is -0.120. The smallest absolute Gasteiger partial charge is 0.155 e. The Hall–Kier alpha value is -0.670. The summed E-state index contributed by atoms with van der Waals surface area (Å²) >= 11 is 0. The molecule has 3 saturated carbocycles. The number of ketones is 1. The van der Waals surface area contributed by atoms with Crippen LogP contribution in [0.2, 0.25) is 0 Å². The van der Waals surface area contributed by atoms with E-state index in [1.165, 1.54) is 19.3 Å². The number of hydrogen-bond acceptors (Lipinski definition) is 3. The lowest BCUT2D eigenvalue weighted by Gasteiger charge is -2.59. The van der Waals surface area contributed by atoms with Crippen LogP contribution in [0.25, 0.3) is 0 Å². The number of carbonyl (C=O) groups excluding carboxylic acids is 1. The summed E-state index contributed by atoms with van der Waals surface area (Å²) < 4.78 is 0. The minimum atomic E-state index is -0.451. The minimum Gasteiger partial charge on any atom is -0.393 e. The van der Waals surface area contributed by atoms with Crippen LogP contribution < -0.4 is 0 Å². The molecule has 1 unspecified atom stereocenters. The van der Waals surface area contributed by atoms with Crippen LogP contribution in [-0.4, -0.2) is 28.2 Å². The summed E-state index contributed by atoms with van der Waals surface area (Å²) in [5, 5.41) is 21.1. The number of fused-ring (bicyclic) bond motifs is 5. The molecule has 0 heterocycles. The van der Waals surface area contributed by atoms with Crippen LogP contribution in [0.4, 0.5) is 0 Å². The molecule has 0 radical (unpaired) electrons. The van der Waals surface area contributed by atoms with Crippen LogP contribution in [-0.2, 0) is 4.79 Å². The third-order valence-electron chi connectivity index (χ3n) is 8.63. The van der Waals surface area contributed by atoms with Gasteiger partial charge in [-0.05, 0) is 91.6 Å². The molecule has 0 aromatic heterocycles. The Balaban J connectivity index is 1.70. The second kappa shape index (κ2) is 5.41. The molecule has 0 aromatic rings. The lowest BCUT2D eigenvalue weighted by atomic mass is 9.46. The Labute approximate surface area is 145 Å². The lowest BCUT2D eigenvalue weighted by Crippen LogP contribution is -2.54. The van der Waals surface area contributed by atoms with E-state index < -0.39 is 6.10 Å². The van der Waals surface area contributed by atoms with Crippen LogP contribution in [0.3, 0.4) is 0 Å². The van der Waals surface area contributed by atoms with Crippen molar-refractivity contribution in [2.45, 2.75) is 77.9 Å². The van der Waals surface area contributed by atoms with Crippen molar-refractivity contribution in [2.75, 3.05) is 0 Å². The van der Waals surface area contributed by atoms with Gasteiger partial charge < -0.3 is 10.2 Å². The fourth-order valence-corrected chi connectivity index (χ4v) is 7.44. The van der Waals surface area contributed by atoms with Crippen molar-refractivity contribution < 1.29 is 15.0 Å². The summed E-state index contributed by atoms with van der Waals surface area (Å²) in [5.74, 6) is 2.33. The van der Waals surface area contributed by atoms with Crippen molar-refractivity contribution in [2.24, 2.45) is 34.5 Å². The highest BCUT2D eigenvalue weighted by Crippen LogP contribution is 2.66. The average Bonchev–Trinajstić information content (AvgIpc) is 2.87. The molecule has 3 heteroatoms. The topological polar surface area (TPSA) is 57.5 Å². The molecule has 4 aliphatic carbocycles. The molecule has 8 atom stereocenters. The second-order valence-corrected chi connectivity index (χ2v) is 9.58. The molecular weight excluding hydrogens is 300 g/mol. The molecule has 0 aromatic carbocycles. The maximum atomic E-state index is 11.9. The molecule has 0 aliphatic heterocycles. The van der Waals surface area contributed by atoms with Crippen molar-refractivity contribution in [1.29, 1.82) is 0 Å². The normalized spacial score (nSPS) is 52.1. The van der Waals surface area contributed by atoms with Gasteiger partial charge in [-0.2, -0.15) is 0 Å². The molecule has 3 fully saturated rings. The largest absolute Gasteiger partial charge is 0.393 e. The SMILES string of the molecule is CC(O)[C@H]1CC[C@H]2[C@@H]3C[C@H](O)C4=CC(=O)CC[C@]4(C)[C@H]3CC[C@]12C. The fraction of sp³-hybridized carbons (Fsp3) is 0.857. The van der Waals surface area contributed by atoms with Crippen molar-refractivity contribution in [3.8, 4) is 0 Å². The summed E-state index contributed by atoms with van der Waals surface area (Å²) in [6.45, 7) is 6.65. The summed E-state index contributed by atoms with van der Waals surface area (Å²) in [4.78, 5) is 11.9. The second-order valence-electron chi connectivity index (χ2n) is 9.58. The number of hydrogen-bond donors (Lipinski definition) is 2. The predicted octanol–water partition coefficient (Wildman–Crippen LogP) is 3.49. The minimum absolute atomic E-state index is 0.000487. The first-order chi connectivity index (χ1) is 11.3. The fourth-order valence-electron chi connectivity index (χ4n) is 7.44. The average molecular weight is 332 g/mol. The van der Waals surface area contributed by atoms with Crippen LogP contribution in [0, 0.1) is 34.5 Å². The maximum Gasteiger partial charge on any atom is 0.155 e. The molecule has 0 spiro atoms. The van der Waals surface area contributed by atoms with Crippen LogP contribution in [0.1, 0.15) is 65.7 Å². The monoisotopic (exact) mass is 332 g/mol. The van der Waals surface area contributed by atoms with Gasteiger partial charge in [0.1, 0.15) is 0 Å². The van der Waals surface area contributed by atoms with Crippen molar-refractivity contribution in [3.63, 3.8) is 0 Å². The molecule has 0 saturated heterocycles. The van der Waals surface area contributed by atoms with E-state index in [0.29, 0.717) is 30.1 Å². The molecule has 0 amide bonds. The molecule has 4 aliphatic rings. The van der Waals surface area contributed by atoms with Gasteiger partial charge in [0.05, 0.1) is 12.2 Å². The predicted molar refractivity (Wildman–Crippen MR) is 93.3 cm³/mol. The van der Waals surface area contributed by atoms with Crippen LogP contribution in [0.15, 0.2) is 11.6 Å². The molecule has 24 heavy (non-hydrogen) atoms. The zero-order valence-corrected chi connectivity index (χ0v) is 15.3. The number of carbonyl (C=O) groups is 1. The quantitative estimate of drug-likeness (QED) is 0.773.